The molecule has 1 aliphatic rings. The fourth-order valence-electron chi connectivity index (χ4n) is 3.59. The molecule has 0 radical (unpaired) electrons. The fourth-order valence-corrected chi connectivity index (χ4v) is 4.32. The van der Waals surface area contributed by atoms with Gasteiger partial charge in [0.1, 0.15) is 5.82 Å². The minimum absolute atomic E-state index is 0.0131. The Morgan fingerprint density at radius 1 is 1.26 bits per heavy atom. The van der Waals surface area contributed by atoms with E-state index in [1.54, 1.807) is 6.20 Å². The highest BCUT2D eigenvalue weighted by Gasteiger charge is 2.12. The Kier molecular flexibility index (Phi) is 5.34. The van der Waals surface area contributed by atoms with Gasteiger partial charge in [-0.05, 0) is 56.2 Å². The summed E-state index contributed by atoms with van der Waals surface area (Å²) in [4.78, 5) is 21.0. The van der Waals surface area contributed by atoms with Gasteiger partial charge < -0.3 is 9.88 Å². The Hall–Kier alpha value is -2.47. The van der Waals surface area contributed by atoms with Crippen molar-refractivity contribution in [1.82, 2.24) is 14.5 Å². The van der Waals surface area contributed by atoms with Crippen molar-refractivity contribution in [2.75, 3.05) is 5.32 Å². The van der Waals surface area contributed by atoms with E-state index in [9.17, 15) is 4.79 Å². The molecule has 0 bridgehead atoms. The zero-order valence-electron chi connectivity index (χ0n) is 15.6. The molecule has 2 aromatic heterocycles. The average Bonchev–Trinajstić information content (AvgIpc) is 3.31. The lowest BCUT2D eigenvalue weighted by Gasteiger charge is -2.16. The molecule has 0 fully saturated rings. The molecule has 1 N–H and O–H groups in total. The van der Waals surface area contributed by atoms with E-state index < -0.39 is 0 Å². The van der Waals surface area contributed by atoms with Crippen LogP contribution in [0.4, 0.5) is 5.13 Å². The minimum Gasteiger partial charge on any atom is -0.335 e. The summed E-state index contributed by atoms with van der Waals surface area (Å²) in [6.45, 7) is 2.77. The maximum absolute atomic E-state index is 12.2. The number of thiazole rings is 1. The number of imidazole rings is 1. The highest BCUT2D eigenvalue weighted by atomic mass is 32.1. The average molecular weight is 381 g/mol. The third-order valence-corrected chi connectivity index (χ3v) is 5.88. The number of aromatic nitrogens is 3. The Labute approximate surface area is 163 Å². The summed E-state index contributed by atoms with van der Waals surface area (Å²) in [6.07, 6.45) is 9.90. The summed E-state index contributed by atoms with van der Waals surface area (Å²) in [5.74, 6) is 0.990. The van der Waals surface area contributed by atoms with Crippen molar-refractivity contribution in [2.24, 2.45) is 0 Å². The molecule has 6 heteroatoms. The van der Waals surface area contributed by atoms with E-state index in [1.165, 1.54) is 41.7 Å². The standard InChI is InChI=1S/C21H24N4OS/c1-15-22-10-12-25(15)11-4-7-20(26)24-21-23-19(14-27-21)18-9-8-16-5-2-3-6-17(16)13-18/h8-10,12-14H,2-7,11H2,1H3,(H,23,24,26). The molecular formula is C21H24N4OS. The molecule has 0 spiro atoms. The number of amides is 1. The maximum atomic E-state index is 12.2. The monoisotopic (exact) mass is 380 g/mol. The van der Waals surface area contributed by atoms with Crippen LogP contribution in [-0.2, 0) is 24.2 Å². The molecule has 2 heterocycles. The molecule has 1 aliphatic carbocycles. The number of rotatable bonds is 6. The van der Waals surface area contributed by atoms with Crippen LogP contribution in [0.3, 0.4) is 0 Å². The number of anilines is 1. The molecule has 140 valence electrons. The summed E-state index contributed by atoms with van der Waals surface area (Å²) in [5, 5.41) is 5.63. The van der Waals surface area contributed by atoms with Gasteiger partial charge in [-0.1, -0.05) is 12.1 Å². The van der Waals surface area contributed by atoms with Crippen molar-refractivity contribution in [1.29, 1.82) is 0 Å². The van der Waals surface area contributed by atoms with Crippen LogP contribution in [0.25, 0.3) is 11.3 Å². The van der Waals surface area contributed by atoms with Gasteiger partial charge >= 0.3 is 0 Å². The Bertz CT molecular complexity index is 943. The van der Waals surface area contributed by atoms with Crippen LogP contribution in [0.5, 0.6) is 0 Å². The van der Waals surface area contributed by atoms with E-state index >= 15 is 0 Å². The number of carbonyl (C=O) groups excluding carboxylic acids is 1. The molecule has 1 amide bonds. The number of hydrogen-bond acceptors (Lipinski definition) is 4. The molecule has 27 heavy (non-hydrogen) atoms. The number of carbonyl (C=O) groups is 1. The third-order valence-electron chi connectivity index (χ3n) is 5.12. The number of aryl methyl sites for hydroxylation is 4. The normalized spacial score (nSPS) is 13.4. The fraction of sp³-hybridized carbons (Fsp3) is 0.381. The van der Waals surface area contributed by atoms with Gasteiger partial charge in [-0.15, -0.1) is 11.3 Å². The topological polar surface area (TPSA) is 59.8 Å². The smallest absolute Gasteiger partial charge is 0.226 e. The third kappa shape index (κ3) is 4.27. The van der Waals surface area contributed by atoms with Crippen molar-refractivity contribution < 1.29 is 4.79 Å². The van der Waals surface area contributed by atoms with Crippen molar-refractivity contribution in [2.45, 2.75) is 52.0 Å². The highest BCUT2D eigenvalue weighted by Crippen LogP contribution is 2.29. The minimum atomic E-state index is 0.0131. The van der Waals surface area contributed by atoms with E-state index in [2.05, 4.69) is 38.1 Å². The second-order valence-corrected chi connectivity index (χ2v) is 7.91. The molecule has 3 aromatic rings. The van der Waals surface area contributed by atoms with Crippen LogP contribution in [0.15, 0.2) is 36.0 Å². The van der Waals surface area contributed by atoms with Crippen LogP contribution in [0.2, 0.25) is 0 Å². The highest BCUT2D eigenvalue weighted by molar-refractivity contribution is 7.14. The summed E-state index contributed by atoms with van der Waals surface area (Å²) >= 11 is 1.49. The van der Waals surface area contributed by atoms with Crippen LogP contribution >= 0.6 is 11.3 Å². The van der Waals surface area contributed by atoms with Crippen LogP contribution in [-0.4, -0.2) is 20.4 Å². The second-order valence-electron chi connectivity index (χ2n) is 7.05. The lowest BCUT2D eigenvalue weighted by atomic mass is 9.90. The first kappa shape index (κ1) is 17.9. The quantitative estimate of drug-likeness (QED) is 0.679. The van der Waals surface area contributed by atoms with Gasteiger partial charge in [0.2, 0.25) is 5.91 Å². The SMILES string of the molecule is Cc1nccn1CCCC(=O)Nc1nc(-c2ccc3c(c2)CCCC3)cs1. The molecular weight excluding hydrogens is 356 g/mol. The van der Waals surface area contributed by atoms with E-state index in [1.807, 2.05) is 18.5 Å². The van der Waals surface area contributed by atoms with Crippen molar-refractivity contribution >= 4 is 22.4 Å². The Morgan fingerprint density at radius 3 is 2.93 bits per heavy atom. The summed E-state index contributed by atoms with van der Waals surface area (Å²) < 4.78 is 2.06. The summed E-state index contributed by atoms with van der Waals surface area (Å²) in [5.41, 5.74) is 5.01. The number of benzene rings is 1. The van der Waals surface area contributed by atoms with Gasteiger partial charge in [0, 0.05) is 36.3 Å². The van der Waals surface area contributed by atoms with E-state index in [0.717, 1.165) is 36.5 Å². The van der Waals surface area contributed by atoms with E-state index in [-0.39, 0.29) is 5.91 Å². The number of nitrogens with one attached hydrogen (secondary N) is 1. The molecule has 0 atom stereocenters. The van der Waals surface area contributed by atoms with Gasteiger partial charge in [-0.2, -0.15) is 0 Å². The molecule has 0 saturated carbocycles. The molecule has 0 unspecified atom stereocenters. The Morgan fingerprint density at radius 2 is 2.11 bits per heavy atom. The van der Waals surface area contributed by atoms with E-state index in [4.69, 9.17) is 0 Å². The number of fused-ring (bicyclic) bond motifs is 1. The molecule has 0 aliphatic heterocycles. The van der Waals surface area contributed by atoms with Gasteiger partial charge in [-0.3, -0.25) is 4.79 Å². The maximum Gasteiger partial charge on any atom is 0.226 e. The largest absolute Gasteiger partial charge is 0.335 e. The molecule has 1 aromatic carbocycles. The zero-order chi connectivity index (χ0) is 18.6. The van der Waals surface area contributed by atoms with Crippen LogP contribution < -0.4 is 5.32 Å². The Balaban J connectivity index is 1.34. The van der Waals surface area contributed by atoms with Gasteiger partial charge in [0.25, 0.3) is 0 Å². The predicted octanol–water partition coefficient (Wildman–Crippen LogP) is 4.61. The molecule has 5 nitrogen and oxygen atoms in total. The first-order chi connectivity index (χ1) is 13.2. The first-order valence-electron chi connectivity index (χ1n) is 9.54. The van der Waals surface area contributed by atoms with Gasteiger partial charge in [0.05, 0.1) is 5.69 Å². The molecule has 0 saturated heterocycles. The lowest BCUT2D eigenvalue weighted by molar-refractivity contribution is -0.116. The first-order valence-corrected chi connectivity index (χ1v) is 10.4. The second kappa shape index (κ2) is 8.05. The van der Waals surface area contributed by atoms with Gasteiger partial charge in [-0.25, -0.2) is 9.97 Å². The van der Waals surface area contributed by atoms with Crippen molar-refractivity contribution in [3.8, 4) is 11.3 Å². The summed E-state index contributed by atoms with van der Waals surface area (Å²) in [6, 6.07) is 6.65. The predicted molar refractivity (Wildman–Crippen MR) is 109 cm³/mol. The van der Waals surface area contributed by atoms with Crippen LogP contribution in [0.1, 0.15) is 42.6 Å². The van der Waals surface area contributed by atoms with Crippen LogP contribution in [0, 0.1) is 6.92 Å². The van der Waals surface area contributed by atoms with Crippen molar-refractivity contribution in [3.63, 3.8) is 0 Å². The number of nitrogens with zero attached hydrogens (tertiary/aromatic N) is 3. The van der Waals surface area contributed by atoms with Gasteiger partial charge in [0.15, 0.2) is 5.13 Å². The molecule has 4 rings (SSSR count). The lowest BCUT2D eigenvalue weighted by Crippen LogP contribution is -2.12. The zero-order valence-corrected chi connectivity index (χ0v) is 16.4. The summed E-state index contributed by atoms with van der Waals surface area (Å²) in [7, 11) is 0. The number of hydrogen-bond donors (Lipinski definition) is 1. The van der Waals surface area contributed by atoms with Crippen molar-refractivity contribution in [3.05, 3.63) is 52.9 Å². The van der Waals surface area contributed by atoms with E-state index in [0.29, 0.717) is 11.6 Å².